The zero-order valence-electron chi connectivity index (χ0n) is 10.8. The summed E-state index contributed by atoms with van der Waals surface area (Å²) in [5, 5.41) is 12.2. The fourth-order valence-electron chi connectivity index (χ4n) is 2.79. The Labute approximate surface area is 110 Å². The molecule has 106 valence electrons. The van der Waals surface area contributed by atoms with Crippen LogP contribution in [0.2, 0.25) is 0 Å². The van der Waals surface area contributed by atoms with Crippen molar-refractivity contribution >= 4 is 0 Å². The monoisotopic (exact) mass is 273 g/mol. The molecule has 0 saturated carbocycles. The van der Waals surface area contributed by atoms with Crippen molar-refractivity contribution in [2.45, 2.75) is 37.4 Å². The van der Waals surface area contributed by atoms with Crippen LogP contribution in [0.15, 0.2) is 24.3 Å². The fourth-order valence-corrected chi connectivity index (χ4v) is 2.79. The van der Waals surface area contributed by atoms with Gasteiger partial charge in [-0.05, 0) is 29.9 Å². The van der Waals surface area contributed by atoms with Crippen molar-refractivity contribution in [3.63, 3.8) is 0 Å². The Balaban J connectivity index is 2.33. The molecule has 0 spiro atoms. The first-order valence-electron chi connectivity index (χ1n) is 6.40. The molecule has 0 radical (unpaired) electrons. The van der Waals surface area contributed by atoms with Crippen LogP contribution in [0.5, 0.6) is 0 Å². The average Bonchev–Trinajstić information content (AvgIpc) is 2.38. The normalized spacial score (nSPS) is 27.1. The number of halogens is 3. The van der Waals surface area contributed by atoms with E-state index in [-0.39, 0.29) is 6.61 Å². The summed E-state index contributed by atoms with van der Waals surface area (Å²) in [4.78, 5) is 0. The van der Waals surface area contributed by atoms with E-state index in [1.807, 2.05) is 18.2 Å². The number of benzene rings is 1. The van der Waals surface area contributed by atoms with Crippen molar-refractivity contribution in [1.29, 1.82) is 0 Å². The molecule has 0 amide bonds. The standard InChI is InChI=1S/C14H18F3NO/c1-10-6-7-13(9-19,18-8-14(15,16)17)12-5-3-2-4-11(10)12/h2-5,10,18-19H,6-9H2,1H3. The van der Waals surface area contributed by atoms with Crippen LogP contribution in [0.3, 0.4) is 0 Å². The van der Waals surface area contributed by atoms with E-state index in [2.05, 4.69) is 12.2 Å². The Morgan fingerprint density at radius 2 is 2.05 bits per heavy atom. The van der Waals surface area contributed by atoms with Crippen molar-refractivity contribution in [1.82, 2.24) is 5.32 Å². The van der Waals surface area contributed by atoms with Gasteiger partial charge in [0.2, 0.25) is 0 Å². The second kappa shape index (κ2) is 5.13. The van der Waals surface area contributed by atoms with Crippen molar-refractivity contribution in [2.75, 3.05) is 13.2 Å². The fraction of sp³-hybridized carbons (Fsp3) is 0.571. The first-order valence-corrected chi connectivity index (χ1v) is 6.40. The van der Waals surface area contributed by atoms with Crippen LogP contribution < -0.4 is 5.32 Å². The van der Waals surface area contributed by atoms with Crippen LogP contribution in [0.25, 0.3) is 0 Å². The van der Waals surface area contributed by atoms with E-state index in [1.165, 1.54) is 0 Å². The quantitative estimate of drug-likeness (QED) is 0.887. The first kappa shape index (κ1) is 14.3. The minimum absolute atomic E-state index is 0.309. The summed E-state index contributed by atoms with van der Waals surface area (Å²) in [6, 6.07) is 7.42. The van der Waals surface area contributed by atoms with E-state index in [9.17, 15) is 18.3 Å². The number of nitrogens with one attached hydrogen (secondary N) is 1. The number of hydrogen-bond donors (Lipinski definition) is 2. The number of alkyl halides is 3. The van der Waals surface area contributed by atoms with Crippen LogP contribution in [-0.2, 0) is 5.54 Å². The number of hydrogen-bond acceptors (Lipinski definition) is 2. The van der Waals surface area contributed by atoms with E-state index >= 15 is 0 Å². The molecule has 0 aliphatic heterocycles. The summed E-state index contributed by atoms with van der Waals surface area (Å²) in [7, 11) is 0. The van der Waals surface area contributed by atoms with Gasteiger partial charge in [-0.25, -0.2) is 0 Å². The van der Waals surface area contributed by atoms with Crippen LogP contribution in [0.1, 0.15) is 36.8 Å². The number of aliphatic hydroxyl groups is 1. The number of aliphatic hydroxyl groups excluding tert-OH is 1. The second-order valence-electron chi connectivity index (χ2n) is 5.24. The van der Waals surface area contributed by atoms with Crippen LogP contribution in [0.4, 0.5) is 13.2 Å². The van der Waals surface area contributed by atoms with Crippen LogP contribution in [-0.4, -0.2) is 24.4 Å². The van der Waals surface area contributed by atoms with Gasteiger partial charge < -0.3 is 5.11 Å². The van der Waals surface area contributed by atoms with Gasteiger partial charge in [-0.1, -0.05) is 31.2 Å². The molecular weight excluding hydrogens is 255 g/mol. The number of fused-ring (bicyclic) bond motifs is 1. The molecule has 2 N–H and O–H groups in total. The van der Waals surface area contributed by atoms with Crippen LogP contribution in [0, 0.1) is 0 Å². The molecule has 0 aromatic heterocycles. The van der Waals surface area contributed by atoms with E-state index in [0.717, 1.165) is 17.5 Å². The predicted molar refractivity (Wildman–Crippen MR) is 66.9 cm³/mol. The summed E-state index contributed by atoms with van der Waals surface area (Å²) in [5.41, 5.74) is 0.844. The highest BCUT2D eigenvalue weighted by Gasteiger charge is 2.40. The van der Waals surface area contributed by atoms with Gasteiger partial charge in [0, 0.05) is 0 Å². The van der Waals surface area contributed by atoms with Gasteiger partial charge in [-0.15, -0.1) is 0 Å². The molecule has 2 unspecified atom stereocenters. The van der Waals surface area contributed by atoms with Crippen molar-refractivity contribution in [3.05, 3.63) is 35.4 Å². The van der Waals surface area contributed by atoms with Gasteiger partial charge in [0.05, 0.1) is 18.7 Å². The number of rotatable bonds is 3. The summed E-state index contributed by atoms with van der Waals surface area (Å²) in [5.74, 6) is 0.309. The Hall–Kier alpha value is -1.07. The van der Waals surface area contributed by atoms with Crippen molar-refractivity contribution < 1.29 is 18.3 Å². The maximum absolute atomic E-state index is 12.4. The molecule has 2 nitrogen and oxygen atoms in total. The van der Waals surface area contributed by atoms with E-state index in [4.69, 9.17) is 0 Å². The minimum Gasteiger partial charge on any atom is -0.394 e. The molecular formula is C14H18F3NO. The van der Waals surface area contributed by atoms with E-state index in [0.29, 0.717) is 12.3 Å². The Morgan fingerprint density at radius 3 is 2.68 bits per heavy atom. The average molecular weight is 273 g/mol. The Bertz CT molecular complexity index is 447. The lowest BCUT2D eigenvalue weighted by Gasteiger charge is -2.41. The minimum atomic E-state index is -4.28. The molecule has 1 aliphatic rings. The summed E-state index contributed by atoms with van der Waals surface area (Å²) in [6.45, 7) is 0.646. The smallest absolute Gasteiger partial charge is 0.394 e. The Morgan fingerprint density at radius 1 is 1.37 bits per heavy atom. The molecule has 0 fully saturated rings. The second-order valence-corrected chi connectivity index (χ2v) is 5.24. The van der Waals surface area contributed by atoms with Gasteiger partial charge in [0.15, 0.2) is 0 Å². The molecule has 2 atom stereocenters. The zero-order chi connectivity index (χ0) is 14.1. The first-order chi connectivity index (χ1) is 8.88. The summed E-state index contributed by atoms with van der Waals surface area (Å²) < 4.78 is 37.3. The maximum Gasteiger partial charge on any atom is 0.401 e. The summed E-state index contributed by atoms with van der Waals surface area (Å²) in [6.07, 6.45) is -3.00. The molecule has 0 heterocycles. The molecule has 0 bridgehead atoms. The molecule has 1 aromatic rings. The molecule has 2 rings (SSSR count). The van der Waals surface area contributed by atoms with Gasteiger partial charge in [0.25, 0.3) is 0 Å². The Kier molecular flexibility index (Phi) is 3.87. The van der Waals surface area contributed by atoms with Gasteiger partial charge in [-0.3, -0.25) is 5.32 Å². The highest BCUT2D eigenvalue weighted by Crippen LogP contribution is 2.41. The molecule has 1 aliphatic carbocycles. The van der Waals surface area contributed by atoms with Gasteiger partial charge >= 0.3 is 6.18 Å². The lowest BCUT2D eigenvalue weighted by atomic mass is 9.72. The highest BCUT2D eigenvalue weighted by atomic mass is 19.4. The van der Waals surface area contributed by atoms with Crippen LogP contribution >= 0.6 is 0 Å². The predicted octanol–water partition coefficient (Wildman–Crippen LogP) is 2.92. The highest BCUT2D eigenvalue weighted by molar-refractivity contribution is 5.38. The van der Waals surface area contributed by atoms with Crippen molar-refractivity contribution in [3.8, 4) is 0 Å². The molecule has 1 aromatic carbocycles. The molecule has 5 heteroatoms. The maximum atomic E-state index is 12.4. The van der Waals surface area contributed by atoms with Gasteiger partial charge in [-0.2, -0.15) is 13.2 Å². The lowest BCUT2D eigenvalue weighted by molar-refractivity contribution is -0.130. The van der Waals surface area contributed by atoms with Crippen molar-refractivity contribution in [2.24, 2.45) is 0 Å². The third-order valence-electron chi connectivity index (χ3n) is 3.91. The third kappa shape index (κ3) is 2.92. The van der Waals surface area contributed by atoms with E-state index < -0.39 is 18.3 Å². The van der Waals surface area contributed by atoms with Gasteiger partial charge in [0.1, 0.15) is 0 Å². The molecule has 0 saturated heterocycles. The third-order valence-corrected chi connectivity index (χ3v) is 3.91. The topological polar surface area (TPSA) is 32.3 Å². The van der Waals surface area contributed by atoms with E-state index in [1.54, 1.807) is 6.07 Å². The largest absolute Gasteiger partial charge is 0.401 e. The summed E-state index contributed by atoms with van der Waals surface area (Å²) >= 11 is 0. The lowest BCUT2D eigenvalue weighted by Crippen LogP contribution is -2.51. The molecule has 19 heavy (non-hydrogen) atoms. The SMILES string of the molecule is CC1CCC(CO)(NCC(F)(F)F)c2ccccc21. The zero-order valence-corrected chi connectivity index (χ0v) is 10.8.